The Balaban J connectivity index is 0.00000210. The van der Waals surface area contributed by atoms with Crippen molar-refractivity contribution >= 4 is 32.6 Å². The Kier molecular flexibility index (Phi) is 9.87. The predicted molar refractivity (Wildman–Crippen MR) is 80.1 cm³/mol. The molecular weight excluding hydrogens is 458 g/mol. The second kappa shape index (κ2) is 10.4. The Morgan fingerprint density at radius 2 is 1.83 bits per heavy atom. The minimum absolute atomic E-state index is 0. The maximum Gasteiger partial charge on any atom is 1.00 e. The van der Waals surface area contributed by atoms with E-state index in [4.69, 9.17) is 20.3 Å². The summed E-state index contributed by atoms with van der Waals surface area (Å²) in [7, 11) is -10.5. The van der Waals surface area contributed by atoms with Crippen LogP contribution in [-0.2, 0) is 22.7 Å². The molecule has 15 nitrogen and oxygen atoms in total. The Morgan fingerprint density at radius 1 is 1.17 bits per heavy atom. The molecule has 0 bridgehead atoms. The smallest absolute Gasteiger partial charge is 0.851 e. The summed E-state index contributed by atoms with van der Waals surface area (Å²) in [5.74, 6) is 0.0496. The SMILES string of the molecule is Nc1ncnc2c1ncn2[C@@H]1O[C@H](COP(=O)(O)OP(=O)(O)O)[C@@H]([O-])[C@H]1[O-].[Na+].[Na+]. The number of hydrogen-bond acceptors (Lipinski definition) is 11. The summed E-state index contributed by atoms with van der Waals surface area (Å²) in [6.07, 6.45) is -4.37. The van der Waals surface area contributed by atoms with Crippen LogP contribution in [0.5, 0.6) is 0 Å². The summed E-state index contributed by atoms with van der Waals surface area (Å²) in [4.78, 5) is 37.9. The number of rotatable bonds is 6. The van der Waals surface area contributed by atoms with Gasteiger partial charge in [-0.3, -0.25) is 9.09 Å². The van der Waals surface area contributed by atoms with E-state index < -0.39 is 46.8 Å². The molecule has 1 unspecified atom stereocenters. The molecule has 19 heteroatoms. The first-order valence-electron chi connectivity index (χ1n) is 7.13. The van der Waals surface area contributed by atoms with Gasteiger partial charge in [0, 0.05) is 0 Å². The van der Waals surface area contributed by atoms with Crippen LogP contribution >= 0.6 is 15.6 Å². The van der Waals surface area contributed by atoms with E-state index in [0.717, 1.165) is 6.33 Å². The predicted octanol–water partition coefficient (Wildman–Crippen LogP) is -9.00. The zero-order chi connectivity index (χ0) is 20.0. The van der Waals surface area contributed by atoms with Crippen molar-refractivity contribution in [1.82, 2.24) is 19.5 Å². The molecule has 150 valence electrons. The summed E-state index contributed by atoms with van der Waals surface area (Å²) < 4.78 is 36.4. The molecule has 0 saturated carbocycles. The molecule has 2 aromatic heterocycles. The number of aromatic nitrogens is 4. The largest absolute Gasteiger partial charge is 1.00 e. The van der Waals surface area contributed by atoms with Crippen LogP contribution in [0.4, 0.5) is 5.82 Å². The Bertz CT molecular complexity index is 943. The zero-order valence-electron chi connectivity index (χ0n) is 15.1. The van der Waals surface area contributed by atoms with Crippen LogP contribution in [-0.4, -0.2) is 59.1 Å². The molecule has 3 rings (SSSR count). The molecule has 1 aliphatic heterocycles. The maximum absolute atomic E-state index is 12.3. The maximum atomic E-state index is 12.3. The molecule has 0 aliphatic carbocycles. The normalized spacial score (nSPS) is 26.5. The number of nitrogen functional groups attached to an aromatic ring is 1. The molecule has 0 aromatic carbocycles. The van der Waals surface area contributed by atoms with Crippen LogP contribution in [0.25, 0.3) is 11.2 Å². The molecular formula is C10H13N5Na2O10P2. The molecule has 5 atom stereocenters. The minimum Gasteiger partial charge on any atom is -0.851 e. The van der Waals surface area contributed by atoms with E-state index in [1.54, 1.807) is 0 Å². The van der Waals surface area contributed by atoms with Crippen LogP contribution in [0, 0.1) is 0 Å². The van der Waals surface area contributed by atoms with Gasteiger partial charge < -0.3 is 35.4 Å². The van der Waals surface area contributed by atoms with Crippen molar-refractivity contribution < 1.29 is 107 Å². The monoisotopic (exact) mass is 471 g/mol. The number of imidazole rings is 1. The van der Waals surface area contributed by atoms with Crippen LogP contribution in [0.3, 0.4) is 0 Å². The number of ether oxygens (including phenoxy) is 1. The van der Waals surface area contributed by atoms with E-state index in [2.05, 4.69) is 23.8 Å². The van der Waals surface area contributed by atoms with Crippen molar-refractivity contribution in [3.8, 4) is 0 Å². The van der Waals surface area contributed by atoms with E-state index in [0.29, 0.717) is 0 Å². The molecule has 29 heavy (non-hydrogen) atoms. The number of anilines is 1. The van der Waals surface area contributed by atoms with E-state index in [-0.39, 0.29) is 76.1 Å². The van der Waals surface area contributed by atoms with Crippen molar-refractivity contribution in [2.45, 2.75) is 24.5 Å². The second-order valence-corrected chi connectivity index (χ2v) is 8.24. The first kappa shape index (κ1) is 27.5. The minimum atomic E-state index is -5.32. The third-order valence-electron chi connectivity index (χ3n) is 3.56. The molecule has 1 fully saturated rings. The molecule has 5 N–H and O–H groups in total. The number of hydrogen-bond donors (Lipinski definition) is 4. The van der Waals surface area contributed by atoms with Crippen LogP contribution in [0.1, 0.15) is 6.23 Å². The molecule has 1 saturated heterocycles. The number of nitrogens with two attached hydrogens (primary N) is 1. The van der Waals surface area contributed by atoms with E-state index in [9.17, 15) is 24.2 Å². The van der Waals surface area contributed by atoms with Gasteiger partial charge in [0.25, 0.3) is 0 Å². The van der Waals surface area contributed by atoms with Gasteiger partial charge in [-0.25, -0.2) is 24.1 Å². The molecule has 0 spiro atoms. The fourth-order valence-corrected chi connectivity index (χ4v) is 4.05. The standard InChI is InChI=1S/C10H13N5O10P2.2Na/c11-8-5-9(13-2-12-8)15(3-14-5)10-7(17)6(16)4(24-10)1-23-27(21,22)25-26(18,19)20;;/h2-4,6-7,10H,1H2,(H,21,22)(H2,11,12,13)(H2,18,19,20);;/q-2;2*+1/t4-,6-,7-,10-;;/m1../s1. The van der Waals surface area contributed by atoms with Crippen molar-refractivity contribution in [3.63, 3.8) is 0 Å². The van der Waals surface area contributed by atoms with Gasteiger partial charge in [0.15, 0.2) is 11.5 Å². The second-order valence-electron chi connectivity index (χ2n) is 5.41. The van der Waals surface area contributed by atoms with Crippen LogP contribution < -0.4 is 75.1 Å². The number of phosphoric acid groups is 2. The number of phosphoric ester groups is 1. The molecule has 0 radical (unpaired) electrons. The van der Waals surface area contributed by atoms with Crippen molar-refractivity contribution in [3.05, 3.63) is 12.7 Å². The topological polar surface area (TPSA) is 238 Å². The van der Waals surface area contributed by atoms with Crippen molar-refractivity contribution in [2.24, 2.45) is 0 Å². The van der Waals surface area contributed by atoms with E-state index in [1.807, 2.05) is 0 Å². The van der Waals surface area contributed by atoms with Gasteiger partial charge in [-0.1, -0.05) is 6.10 Å². The van der Waals surface area contributed by atoms with Crippen molar-refractivity contribution in [2.75, 3.05) is 12.3 Å². The quantitative estimate of drug-likeness (QED) is 0.226. The molecule has 3 heterocycles. The van der Waals surface area contributed by atoms with E-state index in [1.165, 1.54) is 10.9 Å². The van der Waals surface area contributed by atoms with Gasteiger partial charge in [0.1, 0.15) is 18.1 Å². The number of fused-ring (bicyclic) bond motifs is 1. The van der Waals surface area contributed by atoms with Gasteiger partial charge >= 0.3 is 74.8 Å². The van der Waals surface area contributed by atoms with Gasteiger partial charge in [0.2, 0.25) is 0 Å². The van der Waals surface area contributed by atoms with Crippen LogP contribution in [0.15, 0.2) is 12.7 Å². The van der Waals surface area contributed by atoms with Crippen molar-refractivity contribution in [1.29, 1.82) is 0 Å². The molecule has 0 amide bonds. The summed E-state index contributed by atoms with van der Waals surface area (Å²) in [6, 6.07) is 0. The average molecular weight is 471 g/mol. The third kappa shape index (κ3) is 6.49. The summed E-state index contributed by atoms with van der Waals surface area (Å²) in [5.41, 5.74) is 5.96. The average Bonchev–Trinajstić information content (AvgIpc) is 3.07. The van der Waals surface area contributed by atoms with Crippen LogP contribution in [0.2, 0.25) is 0 Å². The van der Waals surface area contributed by atoms with Gasteiger partial charge in [-0.2, -0.15) is 4.31 Å². The van der Waals surface area contributed by atoms with Gasteiger partial charge in [-0.05, 0) is 0 Å². The Labute approximate surface area is 207 Å². The fraction of sp³-hybridized carbons (Fsp3) is 0.500. The Hall–Kier alpha value is 0.490. The van der Waals surface area contributed by atoms with Gasteiger partial charge in [-0.15, -0.1) is 6.10 Å². The van der Waals surface area contributed by atoms with Gasteiger partial charge in [0.05, 0.1) is 19.0 Å². The summed E-state index contributed by atoms with van der Waals surface area (Å²) >= 11 is 0. The third-order valence-corrected chi connectivity index (χ3v) is 5.71. The number of nitrogens with zero attached hydrogens (tertiary/aromatic N) is 4. The summed E-state index contributed by atoms with van der Waals surface area (Å²) in [6.45, 7) is -0.916. The first-order valence-corrected chi connectivity index (χ1v) is 10.2. The zero-order valence-corrected chi connectivity index (χ0v) is 20.9. The fourth-order valence-electron chi connectivity index (χ4n) is 2.45. The summed E-state index contributed by atoms with van der Waals surface area (Å²) in [5, 5.41) is 24.4. The molecule has 1 aliphatic rings. The van der Waals surface area contributed by atoms with E-state index >= 15 is 0 Å². The molecule has 2 aromatic rings. The Morgan fingerprint density at radius 3 is 2.45 bits per heavy atom. The first-order chi connectivity index (χ1) is 12.5.